The summed E-state index contributed by atoms with van der Waals surface area (Å²) >= 11 is 0. The molecular weight excluding hydrogens is 657 g/mol. The van der Waals surface area contributed by atoms with Crippen molar-refractivity contribution in [1.29, 1.82) is 0 Å². The Bertz CT molecular complexity index is 1890. The van der Waals surface area contributed by atoms with Gasteiger partial charge in [-0.25, -0.2) is 0 Å². The van der Waals surface area contributed by atoms with Gasteiger partial charge in [0.1, 0.15) is 16.6 Å². The Morgan fingerprint density at radius 3 is 1.02 bits per heavy atom. The Labute approximate surface area is 311 Å². The van der Waals surface area contributed by atoms with Gasteiger partial charge >= 0.3 is 0 Å². The van der Waals surface area contributed by atoms with Crippen molar-refractivity contribution < 1.29 is 19.8 Å². The lowest BCUT2D eigenvalue weighted by molar-refractivity contribution is -0.161. The monoisotopic (exact) mass is 700 g/mol. The fraction of sp³-hybridized carbons (Fsp3) is 0.191. The number of nitrogens with two attached hydrogens (primary N) is 1. The molecule has 0 bridgehead atoms. The summed E-state index contributed by atoms with van der Waals surface area (Å²) in [7, 11) is 0. The average molecular weight is 701 g/mol. The maximum absolute atomic E-state index is 15.8. The Morgan fingerprint density at radius 2 is 0.774 bits per heavy atom. The van der Waals surface area contributed by atoms with Crippen LogP contribution in [-0.4, -0.2) is 39.0 Å². The minimum absolute atomic E-state index is 0.187. The Hall–Kier alpha value is -5.82. The molecule has 0 radical (unpaired) electrons. The second-order valence-electron chi connectivity index (χ2n) is 14.1. The largest absolute Gasteiger partial charge is 0.378 e. The van der Waals surface area contributed by atoms with Gasteiger partial charge in [0.05, 0.1) is 12.1 Å². The van der Waals surface area contributed by atoms with Crippen molar-refractivity contribution in [3.63, 3.8) is 0 Å². The quantitative estimate of drug-likeness (QED) is 0.105. The van der Waals surface area contributed by atoms with Gasteiger partial charge in [-0.1, -0.05) is 182 Å². The van der Waals surface area contributed by atoms with E-state index in [1.54, 1.807) is 4.90 Å². The summed E-state index contributed by atoms with van der Waals surface area (Å²) in [6, 6.07) is 54.8. The fourth-order valence-electron chi connectivity index (χ4n) is 7.88. The highest BCUT2D eigenvalue weighted by Gasteiger charge is 2.62. The lowest BCUT2D eigenvalue weighted by atomic mass is 9.72. The number of primary amides is 1. The smallest absolute Gasteiger partial charge is 0.239 e. The second kappa shape index (κ2) is 15.0. The van der Waals surface area contributed by atoms with Gasteiger partial charge in [0.15, 0.2) is 0 Å². The summed E-state index contributed by atoms with van der Waals surface area (Å²) < 4.78 is 0. The van der Waals surface area contributed by atoms with Crippen molar-refractivity contribution in [2.45, 2.75) is 49.0 Å². The fourth-order valence-corrected chi connectivity index (χ4v) is 7.88. The van der Waals surface area contributed by atoms with E-state index in [9.17, 15) is 15.0 Å². The van der Waals surface area contributed by atoms with Gasteiger partial charge in [-0.05, 0) is 59.1 Å². The summed E-state index contributed by atoms with van der Waals surface area (Å²) in [4.78, 5) is 30.8. The van der Waals surface area contributed by atoms with Gasteiger partial charge in [0.2, 0.25) is 11.8 Å². The molecule has 0 spiro atoms. The number of amides is 2. The zero-order valence-electron chi connectivity index (χ0n) is 29.5. The highest BCUT2D eigenvalue weighted by Crippen LogP contribution is 2.51. The number of carbonyl (C=O) groups excluding carboxylic acids is 2. The molecule has 7 rings (SSSR count). The van der Waals surface area contributed by atoms with Crippen molar-refractivity contribution in [1.82, 2.24) is 4.90 Å². The molecule has 0 aromatic heterocycles. The van der Waals surface area contributed by atoms with Crippen LogP contribution >= 0.6 is 0 Å². The van der Waals surface area contributed by atoms with Crippen LogP contribution in [0.25, 0.3) is 0 Å². The highest BCUT2D eigenvalue weighted by molar-refractivity contribution is 6.07. The van der Waals surface area contributed by atoms with Crippen LogP contribution in [-0.2, 0) is 33.6 Å². The number of benzene rings is 6. The van der Waals surface area contributed by atoms with Crippen molar-refractivity contribution in [3.8, 4) is 0 Å². The molecule has 4 N–H and O–H groups in total. The van der Waals surface area contributed by atoms with Crippen molar-refractivity contribution in [2.24, 2.45) is 11.1 Å². The number of nitrogens with zero attached hydrogens (tertiary/aromatic N) is 1. The van der Waals surface area contributed by atoms with E-state index in [0.29, 0.717) is 22.3 Å². The Kier molecular flexibility index (Phi) is 10.1. The predicted octanol–water partition coefficient (Wildman–Crippen LogP) is 7.18. The van der Waals surface area contributed by atoms with Crippen LogP contribution in [0.2, 0.25) is 0 Å². The van der Waals surface area contributed by atoms with Crippen LogP contribution in [0.1, 0.15) is 46.2 Å². The first kappa shape index (κ1) is 35.6. The maximum Gasteiger partial charge on any atom is 0.239 e. The molecule has 266 valence electrons. The maximum atomic E-state index is 15.8. The summed E-state index contributed by atoms with van der Waals surface area (Å²) in [5, 5.41) is 27.5. The van der Waals surface area contributed by atoms with E-state index in [0.717, 1.165) is 11.1 Å². The first-order valence-electron chi connectivity index (χ1n) is 18.2. The first-order chi connectivity index (χ1) is 25.8. The molecule has 6 aromatic carbocycles. The molecule has 2 atom stereocenters. The van der Waals surface area contributed by atoms with Crippen molar-refractivity contribution in [3.05, 3.63) is 215 Å². The summed E-state index contributed by atoms with van der Waals surface area (Å²) in [6.45, 7) is 0. The zero-order valence-corrected chi connectivity index (χ0v) is 29.5. The van der Waals surface area contributed by atoms with Crippen molar-refractivity contribution in [2.75, 3.05) is 0 Å². The van der Waals surface area contributed by atoms with Gasteiger partial charge in [0, 0.05) is 0 Å². The number of aliphatic hydroxyl groups is 2. The number of hydrogen-bond acceptors (Lipinski definition) is 4. The summed E-state index contributed by atoms with van der Waals surface area (Å²) in [6.07, 6.45) is 0.926. The molecule has 6 heteroatoms. The molecule has 1 saturated carbocycles. The van der Waals surface area contributed by atoms with Gasteiger partial charge in [-0.2, -0.15) is 0 Å². The van der Waals surface area contributed by atoms with E-state index in [-0.39, 0.29) is 25.7 Å². The number of hydrogen-bond donors (Lipinski definition) is 3. The highest BCUT2D eigenvalue weighted by atomic mass is 16.3. The minimum atomic E-state index is -1.83. The summed E-state index contributed by atoms with van der Waals surface area (Å²) in [5.41, 5.74) is 4.97. The normalized spacial score (nSPS) is 14.8. The molecule has 1 aliphatic rings. The second-order valence-corrected chi connectivity index (χ2v) is 14.1. The van der Waals surface area contributed by atoms with Gasteiger partial charge in [-0.15, -0.1) is 0 Å². The zero-order chi connectivity index (χ0) is 36.9. The molecule has 0 saturated heterocycles. The number of carbonyl (C=O) groups is 2. The van der Waals surface area contributed by atoms with Crippen LogP contribution in [0.3, 0.4) is 0 Å². The molecular formula is C47H44N2O4. The molecule has 1 fully saturated rings. The number of rotatable bonds is 14. The third-order valence-electron chi connectivity index (χ3n) is 10.9. The molecule has 53 heavy (non-hydrogen) atoms. The Morgan fingerprint density at radius 1 is 0.509 bits per heavy atom. The third kappa shape index (κ3) is 6.79. The van der Waals surface area contributed by atoms with Crippen LogP contribution in [0.4, 0.5) is 0 Å². The lowest BCUT2D eigenvalue weighted by Gasteiger charge is -2.52. The lowest BCUT2D eigenvalue weighted by Crippen LogP contribution is -2.66. The molecule has 6 aromatic rings. The molecule has 0 unspecified atom stereocenters. The average Bonchev–Trinajstić information content (AvgIpc) is 4.04. The van der Waals surface area contributed by atoms with Crippen LogP contribution in [0.5, 0.6) is 0 Å². The standard InChI is InChI=1S/C47H44N2O4/c48-43(50)45(31-32-45)44(51)49(41(33-35-19-7-1-8-20-35)46(52,37-23-11-3-12-24-37)38-25-13-4-14-26-38)42(34-36-21-9-2-10-22-36)47(53,39-27-15-5-16-28-39)40-29-17-6-18-30-40/h1-30,41-42,52-53H,31-34H2,(H2,48,50)/t41-,42-/m1/s1. The minimum Gasteiger partial charge on any atom is -0.378 e. The molecule has 1 aliphatic carbocycles. The third-order valence-corrected chi connectivity index (χ3v) is 10.9. The van der Waals surface area contributed by atoms with E-state index < -0.39 is 40.5 Å². The van der Waals surface area contributed by atoms with E-state index in [1.807, 2.05) is 182 Å². The predicted molar refractivity (Wildman–Crippen MR) is 207 cm³/mol. The van der Waals surface area contributed by atoms with Crippen LogP contribution in [0, 0.1) is 5.41 Å². The van der Waals surface area contributed by atoms with Crippen LogP contribution in [0.15, 0.2) is 182 Å². The van der Waals surface area contributed by atoms with E-state index >= 15 is 4.79 Å². The molecule has 2 amide bonds. The van der Waals surface area contributed by atoms with Gasteiger partial charge in [-0.3, -0.25) is 9.59 Å². The Balaban J connectivity index is 1.59. The van der Waals surface area contributed by atoms with Crippen LogP contribution < -0.4 is 5.73 Å². The molecule has 0 heterocycles. The first-order valence-corrected chi connectivity index (χ1v) is 18.2. The van der Waals surface area contributed by atoms with E-state index in [4.69, 9.17) is 5.73 Å². The van der Waals surface area contributed by atoms with Gasteiger partial charge in [0.25, 0.3) is 0 Å². The van der Waals surface area contributed by atoms with E-state index in [1.165, 1.54) is 0 Å². The van der Waals surface area contributed by atoms with Crippen molar-refractivity contribution >= 4 is 11.8 Å². The SMILES string of the molecule is NC(=O)C1(C(=O)N([C@H](Cc2ccccc2)C(O)(c2ccccc2)c2ccccc2)[C@H](Cc2ccccc2)C(O)(c2ccccc2)c2ccccc2)CC1. The molecule has 0 aliphatic heterocycles. The summed E-state index contributed by atoms with van der Waals surface area (Å²) in [5.74, 6) is -1.22. The van der Waals surface area contributed by atoms with E-state index in [2.05, 4.69) is 0 Å². The molecule has 6 nitrogen and oxygen atoms in total. The van der Waals surface area contributed by atoms with Gasteiger partial charge < -0.3 is 20.8 Å². The topological polar surface area (TPSA) is 104 Å².